The van der Waals surface area contributed by atoms with Crippen LogP contribution in [0.3, 0.4) is 0 Å². The van der Waals surface area contributed by atoms with Crippen molar-refractivity contribution in [2.45, 2.75) is 38.4 Å². The Morgan fingerprint density at radius 1 is 1.12 bits per heavy atom. The third kappa shape index (κ3) is 4.68. The van der Waals surface area contributed by atoms with Crippen LogP contribution in [0.15, 0.2) is 47.1 Å². The van der Waals surface area contributed by atoms with Gasteiger partial charge in [0.1, 0.15) is 5.82 Å². The number of amides is 1. The predicted molar refractivity (Wildman–Crippen MR) is 117 cm³/mol. The largest absolute Gasteiger partial charge is 0.471 e. The molecule has 4 rings (SSSR count). The van der Waals surface area contributed by atoms with Crippen molar-refractivity contribution in [2.75, 3.05) is 24.5 Å². The first-order valence-electron chi connectivity index (χ1n) is 10.7. The van der Waals surface area contributed by atoms with E-state index in [9.17, 15) is 23.1 Å². The second kappa shape index (κ2) is 8.62. The molecule has 2 aromatic heterocycles. The fraction of sp³-hybridized carbons (Fsp3) is 0.391. The zero-order chi connectivity index (χ0) is 24.7. The second-order valence-corrected chi connectivity index (χ2v) is 9.10. The Labute approximate surface area is 194 Å². The van der Waals surface area contributed by atoms with Gasteiger partial charge in [-0.1, -0.05) is 50.2 Å². The lowest BCUT2D eigenvalue weighted by Gasteiger charge is -2.43. The maximum absolute atomic E-state index is 12.8. The minimum Gasteiger partial charge on any atom is -0.465 e. The molecule has 1 atom stereocenters. The van der Waals surface area contributed by atoms with Gasteiger partial charge in [-0.2, -0.15) is 18.2 Å². The van der Waals surface area contributed by atoms with Gasteiger partial charge < -0.3 is 19.4 Å². The first-order chi connectivity index (χ1) is 15.9. The van der Waals surface area contributed by atoms with Gasteiger partial charge in [-0.3, -0.25) is 0 Å². The SMILES string of the molecule is CC(C)(C)c1ccccc1C1CN(C(=O)O)CCN1c1ccc(-c2noc(C(F)(F)F)n2)cn1. The van der Waals surface area contributed by atoms with E-state index in [4.69, 9.17) is 0 Å². The average molecular weight is 475 g/mol. The third-order valence-electron chi connectivity index (χ3n) is 5.75. The van der Waals surface area contributed by atoms with Gasteiger partial charge in [0.25, 0.3) is 0 Å². The molecule has 180 valence electrons. The van der Waals surface area contributed by atoms with E-state index in [0.717, 1.165) is 11.1 Å². The Hall–Kier alpha value is -3.63. The van der Waals surface area contributed by atoms with Gasteiger partial charge >= 0.3 is 18.2 Å². The van der Waals surface area contributed by atoms with Crippen LogP contribution in [-0.4, -0.2) is 50.9 Å². The number of carbonyl (C=O) groups is 1. The highest BCUT2D eigenvalue weighted by molar-refractivity contribution is 5.66. The van der Waals surface area contributed by atoms with Crippen molar-refractivity contribution in [1.82, 2.24) is 20.0 Å². The number of halogens is 3. The minimum atomic E-state index is -4.73. The maximum Gasteiger partial charge on any atom is 0.471 e. The Kier molecular flexibility index (Phi) is 5.96. The number of rotatable bonds is 3. The van der Waals surface area contributed by atoms with Crippen molar-refractivity contribution < 1.29 is 27.6 Å². The van der Waals surface area contributed by atoms with Gasteiger partial charge in [-0.25, -0.2) is 9.78 Å². The molecule has 0 radical (unpaired) electrons. The molecule has 1 unspecified atom stereocenters. The number of hydrogen-bond donors (Lipinski definition) is 1. The van der Waals surface area contributed by atoms with E-state index in [1.807, 2.05) is 29.2 Å². The van der Waals surface area contributed by atoms with Crippen molar-refractivity contribution in [3.8, 4) is 11.4 Å². The minimum absolute atomic E-state index is 0.167. The fourth-order valence-electron chi connectivity index (χ4n) is 4.11. The molecule has 11 heteroatoms. The van der Waals surface area contributed by atoms with Crippen molar-refractivity contribution in [2.24, 2.45) is 0 Å². The zero-order valence-corrected chi connectivity index (χ0v) is 18.9. The van der Waals surface area contributed by atoms with Crippen LogP contribution in [0.1, 0.15) is 43.8 Å². The highest BCUT2D eigenvalue weighted by Crippen LogP contribution is 2.36. The Morgan fingerprint density at radius 3 is 2.44 bits per heavy atom. The summed E-state index contributed by atoms with van der Waals surface area (Å²) in [7, 11) is 0. The lowest BCUT2D eigenvalue weighted by Crippen LogP contribution is -2.51. The van der Waals surface area contributed by atoms with Gasteiger partial charge in [0.05, 0.1) is 6.04 Å². The molecular weight excluding hydrogens is 451 g/mol. The molecule has 1 amide bonds. The summed E-state index contributed by atoms with van der Waals surface area (Å²) in [6, 6.07) is 10.9. The highest BCUT2D eigenvalue weighted by Gasteiger charge is 2.39. The number of aromatic nitrogens is 3. The van der Waals surface area contributed by atoms with E-state index in [-0.39, 0.29) is 29.4 Å². The second-order valence-electron chi connectivity index (χ2n) is 9.10. The normalized spacial score (nSPS) is 17.2. The van der Waals surface area contributed by atoms with Crippen LogP contribution < -0.4 is 4.90 Å². The molecule has 0 saturated carbocycles. The maximum atomic E-state index is 12.8. The monoisotopic (exact) mass is 475 g/mol. The fourth-order valence-corrected chi connectivity index (χ4v) is 4.11. The molecule has 1 aliphatic heterocycles. The van der Waals surface area contributed by atoms with Gasteiger partial charge in [-0.05, 0) is 28.7 Å². The number of piperazine rings is 1. The lowest BCUT2D eigenvalue weighted by atomic mass is 9.81. The molecule has 0 bridgehead atoms. The van der Waals surface area contributed by atoms with E-state index in [1.54, 1.807) is 12.1 Å². The molecular formula is C23H24F3N5O3. The molecule has 3 aromatic rings. The van der Waals surface area contributed by atoms with Gasteiger partial charge in [0.2, 0.25) is 5.82 Å². The molecule has 1 fully saturated rings. The molecule has 1 aromatic carbocycles. The average Bonchev–Trinajstić information content (AvgIpc) is 3.29. The van der Waals surface area contributed by atoms with Gasteiger partial charge in [0.15, 0.2) is 0 Å². The summed E-state index contributed by atoms with van der Waals surface area (Å²) in [6.45, 7) is 7.25. The summed E-state index contributed by atoms with van der Waals surface area (Å²) >= 11 is 0. The molecule has 3 heterocycles. The summed E-state index contributed by atoms with van der Waals surface area (Å²) in [6.07, 6.45) is -4.33. The predicted octanol–water partition coefficient (Wildman–Crippen LogP) is 4.99. The number of nitrogens with zero attached hydrogens (tertiary/aromatic N) is 5. The zero-order valence-electron chi connectivity index (χ0n) is 18.9. The Bertz CT molecular complexity index is 1170. The van der Waals surface area contributed by atoms with Crippen LogP contribution in [0.4, 0.5) is 23.8 Å². The van der Waals surface area contributed by atoms with E-state index in [1.165, 1.54) is 11.1 Å². The van der Waals surface area contributed by atoms with Crippen LogP contribution in [0.5, 0.6) is 0 Å². The number of alkyl halides is 3. The summed E-state index contributed by atoms with van der Waals surface area (Å²) in [5.41, 5.74) is 2.21. The standard InChI is InChI=1S/C23H24F3N5O3/c1-22(2,3)16-7-5-4-6-15(16)17-13-30(21(32)33)10-11-31(17)18-9-8-14(12-27-18)19-28-20(34-29-19)23(24,25)26/h4-9,12,17H,10-11,13H2,1-3H3,(H,32,33). The quantitative estimate of drug-likeness (QED) is 0.570. The molecule has 0 spiro atoms. The topological polar surface area (TPSA) is 95.6 Å². The molecule has 1 N–H and O–H groups in total. The molecule has 8 nitrogen and oxygen atoms in total. The number of benzene rings is 1. The summed E-state index contributed by atoms with van der Waals surface area (Å²) in [5.74, 6) is -1.06. The van der Waals surface area contributed by atoms with Crippen molar-refractivity contribution in [1.29, 1.82) is 0 Å². The summed E-state index contributed by atoms with van der Waals surface area (Å²) in [4.78, 5) is 23.0. The summed E-state index contributed by atoms with van der Waals surface area (Å²) < 4.78 is 42.6. The van der Waals surface area contributed by atoms with Crippen LogP contribution in [0.2, 0.25) is 0 Å². The Morgan fingerprint density at radius 2 is 1.85 bits per heavy atom. The van der Waals surface area contributed by atoms with Gasteiger partial charge in [-0.15, -0.1) is 0 Å². The van der Waals surface area contributed by atoms with E-state index >= 15 is 0 Å². The number of pyridine rings is 1. The van der Waals surface area contributed by atoms with Gasteiger partial charge in [0, 0.05) is 31.4 Å². The molecule has 1 aliphatic rings. The highest BCUT2D eigenvalue weighted by atomic mass is 19.4. The van der Waals surface area contributed by atoms with E-state index in [0.29, 0.717) is 18.9 Å². The van der Waals surface area contributed by atoms with Crippen LogP contribution in [0.25, 0.3) is 11.4 Å². The van der Waals surface area contributed by atoms with Crippen LogP contribution in [0, 0.1) is 0 Å². The number of hydrogen-bond acceptors (Lipinski definition) is 6. The lowest BCUT2D eigenvalue weighted by molar-refractivity contribution is -0.159. The third-order valence-corrected chi connectivity index (χ3v) is 5.75. The van der Waals surface area contributed by atoms with Crippen molar-refractivity contribution in [3.63, 3.8) is 0 Å². The van der Waals surface area contributed by atoms with Crippen molar-refractivity contribution >= 4 is 11.9 Å². The van der Waals surface area contributed by atoms with Crippen LogP contribution in [-0.2, 0) is 11.6 Å². The Balaban J connectivity index is 1.68. The first-order valence-corrected chi connectivity index (χ1v) is 10.7. The summed E-state index contributed by atoms with van der Waals surface area (Å²) in [5, 5.41) is 13.0. The number of carboxylic acid groups (broad SMARTS) is 1. The van der Waals surface area contributed by atoms with E-state index < -0.39 is 18.2 Å². The molecule has 1 saturated heterocycles. The van der Waals surface area contributed by atoms with Crippen LogP contribution >= 0.6 is 0 Å². The van der Waals surface area contributed by atoms with Crippen molar-refractivity contribution in [3.05, 3.63) is 59.6 Å². The first kappa shape index (κ1) is 23.5. The smallest absolute Gasteiger partial charge is 0.465 e. The van der Waals surface area contributed by atoms with E-state index in [2.05, 4.69) is 40.4 Å². The number of anilines is 1. The molecule has 0 aliphatic carbocycles. The molecule has 34 heavy (non-hydrogen) atoms.